The summed E-state index contributed by atoms with van der Waals surface area (Å²) < 4.78 is 16.9. The van der Waals surface area contributed by atoms with Crippen LogP contribution in [0.3, 0.4) is 0 Å². The van der Waals surface area contributed by atoms with E-state index < -0.39 is 6.09 Å². The number of nitrogens with zero attached hydrogens (tertiary/aromatic N) is 2. The zero-order chi connectivity index (χ0) is 19.0. The lowest BCUT2D eigenvalue weighted by atomic mass is 9.87. The van der Waals surface area contributed by atoms with Gasteiger partial charge in [0.1, 0.15) is 11.5 Å². The third kappa shape index (κ3) is 2.83. The largest absolute Gasteiger partial charge is 0.497 e. The molecule has 0 radical (unpaired) electrons. The molecular weight excluding hydrogens is 344 g/mol. The number of ether oxygens (including phenoxy) is 3. The summed E-state index contributed by atoms with van der Waals surface area (Å²) in [5, 5.41) is 4.61. The third-order valence-corrected chi connectivity index (χ3v) is 4.91. The lowest BCUT2D eigenvalue weighted by Crippen LogP contribution is -2.14. The van der Waals surface area contributed by atoms with Crippen molar-refractivity contribution in [2.45, 2.75) is 12.8 Å². The number of aromatic nitrogens is 2. The maximum atomic E-state index is 12.4. The summed E-state index contributed by atoms with van der Waals surface area (Å²) in [7, 11) is 4.64. The molecule has 0 saturated heterocycles. The highest BCUT2D eigenvalue weighted by molar-refractivity contribution is 5.85. The number of aryl methyl sites for hydroxylation is 1. The Morgan fingerprint density at radius 3 is 2.33 bits per heavy atom. The summed E-state index contributed by atoms with van der Waals surface area (Å²) >= 11 is 0. The number of methoxy groups -OCH3 is 3. The van der Waals surface area contributed by atoms with Crippen LogP contribution in [0.2, 0.25) is 0 Å². The van der Waals surface area contributed by atoms with E-state index in [4.69, 9.17) is 14.2 Å². The summed E-state index contributed by atoms with van der Waals surface area (Å²) in [5.41, 5.74) is 5.71. The van der Waals surface area contributed by atoms with Gasteiger partial charge in [0.15, 0.2) is 0 Å². The van der Waals surface area contributed by atoms with Crippen LogP contribution in [0.15, 0.2) is 42.5 Å². The second-order valence-corrected chi connectivity index (χ2v) is 6.31. The molecule has 1 aliphatic rings. The molecule has 0 N–H and O–H groups in total. The molecule has 0 atom stereocenters. The Labute approximate surface area is 157 Å². The van der Waals surface area contributed by atoms with Gasteiger partial charge in [-0.1, -0.05) is 0 Å². The van der Waals surface area contributed by atoms with E-state index in [0.717, 1.165) is 58.0 Å². The minimum absolute atomic E-state index is 0.509. The fourth-order valence-corrected chi connectivity index (χ4v) is 3.56. The smallest absolute Gasteiger partial charge is 0.435 e. The number of rotatable bonds is 3. The van der Waals surface area contributed by atoms with E-state index in [1.165, 1.54) is 11.8 Å². The van der Waals surface area contributed by atoms with Crippen LogP contribution in [-0.4, -0.2) is 37.2 Å². The highest BCUT2D eigenvalue weighted by Crippen LogP contribution is 2.40. The molecule has 0 aliphatic heterocycles. The van der Waals surface area contributed by atoms with E-state index in [2.05, 4.69) is 5.10 Å². The second kappa shape index (κ2) is 6.79. The van der Waals surface area contributed by atoms with E-state index in [1.54, 1.807) is 14.2 Å². The Balaban J connectivity index is 1.91. The second-order valence-electron chi connectivity index (χ2n) is 6.31. The molecule has 6 nitrogen and oxygen atoms in total. The molecule has 0 amide bonds. The molecule has 6 heteroatoms. The van der Waals surface area contributed by atoms with Gasteiger partial charge >= 0.3 is 6.09 Å². The van der Waals surface area contributed by atoms with Gasteiger partial charge in [-0.3, -0.25) is 0 Å². The standard InChI is InChI=1S/C21H20N2O4/c1-25-15-7-4-13(5-8-15)20-18-10-6-14-12-16(26-2)9-11-17(14)19(18)22-23(20)21(24)27-3/h4-5,7-9,11-12H,6,10H2,1-3H3. The van der Waals surface area contributed by atoms with Crippen LogP contribution < -0.4 is 9.47 Å². The molecule has 1 aliphatic carbocycles. The average Bonchev–Trinajstić information content (AvgIpc) is 3.12. The summed E-state index contributed by atoms with van der Waals surface area (Å²) in [6, 6.07) is 13.5. The van der Waals surface area contributed by atoms with Crippen LogP contribution in [0, 0.1) is 0 Å². The number of hydrogen-bond donors (Lipinski definition) is 0. The van der Waals surface area contributed by atoms with Crippen molar-refractivity contribution in [2.75, 3.05) is 21.3 Å². The van der Waals surface area contributed by atoms with Gasteiger partial charge in [-0.15, -0.1) is 0 Å². The first-order valence-corrected chi connectivity index (χ1v) is 8.68. The zero-order valence-electron chi connectivity index (χ0n) is 15.5. The lowest BCUT2D eigenvalue weighted by Gasteiger charge is -2.17. The molecule has 0 fully saturated rings. The van der Waals surface area contributed by atoms with Crippen LogP contribution in [0.5, 0.6) is 11.5 Å². The monoisotopic (exact) mass is 364 g/mol. The molecule has 0 saturated carbocycles. The molecule has 2 aromatic carbocycles. The number of carbonyl (C=O) groups is 1. The van der Waals surface area contributed by atoms with Crippen molar-refractivity contribution in [3.8, 4) is 34.0 Å². The van der Waals surface area contributed by atoms with Gasteiger partial charge < -0.3 is 14.2 Å². The Morgan fingerprint density at radius 2 is 1.67 bits per heavy atom. The molecule has 4 rings (SSSR count). The first-order chi connectivity index (χ1) is 13.2. The third-order valence-electron chi connectivity index (χ3n) is 4.91. The molecule has 0 spiro atoms. The normalized spacial score (nSPS) is 12.1. The van der Waals surface area contributed by atoms with E-state index in [9.17, 15) is 4.79 Å². The number of carbonyl (C=O) groups excluding carboxylic acids is 1. The number of hydrogen-bond acceptors (Lipinski definition) is 5. The van der Waals surface area contributed by atoms with Gasteiger partial charge in [-0.05, 0) is 60.9 Å². The van der Waals surface area contributed by atoms with E-state index in [-0.39, 0.29) is 0 Å². The van der Waals surface area contributed by atoms with Crippen molar-refractivity contribution in [1.29, 1.82) is 0 Å². The summed E-state index contributed by atoms with van der Waals surface area (Å²) in [4.78, 5) is 12.4. The van der Waals surface area contributed by atoms with Crippen molar-refractivity contribution < 1.29 is 19.0 Å². The van der Waals surface area contributed by atoms with Crippen molar-refractivity contribution in [3.63, 3.8) is 0 Å². The summed E-state index contributed by atoms with van der Waals surface area (Å²) in [6.07, 6.45) is 1.13. The number of fused-ring (bicyclic) bond motifs is 3. The summed E-state index contributed by atoms with van der Waals surface area (Å²) in [5.74, 6) is 1.58. The molecule has 1 aromatic heterocycles. The SMILES string of the molecule is COC(=O)n1nc2c(c1-c1ccc(OC)cc1)CCc1cc(OC)ccc1-2. The van der Waals surface area contributed by atoms with Gasteiger partial charge in [0.05, 0.1) is 32.7 Å². The van der Waals surface area contributed by atoms with Gasteiger partial charge in [0, 0.05) is 16.7 Å². The fraction of sp³-hybridized carbons (Fsp3) is 0.238. The highest BCUT2D eigenvalue weighted by atomic mass is 16.5. The Hall–Kier alpha value is -3.28. The topological polar surface area (TPSA) is 62.6 Å². The van der Waals surface area contributed by atoms with Crippen LogP contribution in [0.25, 0.3) is 22.5 Å². The zero-order valence-corrected chi connectivity index (χ0v) is 15.5. The molecule has 0 unspecified atom stereocenters. The summed E-state index contributed by atoms with van der Waals surface area (Å²) in [6.45, 7) is 0. The average molecular weight is 364 g/mol. The number of benzene rings is 2. The van der Waals surface area contributed by atoms with Gasteiger partial charge in [-0.25, -0.2) is 4.79 Å². The highest BCUT2D eigenvalue weighted by Gasteiger charge is 2.28. The maximum absolute atomic E-state index is 12.4. The molecule has 3 aromatic rings. The predicted molar refractivity (Wildman–Crippen MR) is 101 cm³/mol. The van der Waals surface area contributed by atoms with Crippen LogP contribution in [-0.2, 0) is 17.6 Å². The van der Waals surface area contributed by atoms with Gasteiger partial charge in [0.25, 0.3) is 0 Å². The van der Waals surface area contributed by atoms with Gasteiger partial charge in [-0.2, -0.15) is 9.78 Å². The van der Waals surface area contributed by atoms with Crippen molar-refractivity contribution in [3.05, 3.63) is 53.6 Å². The van der Waals surface area contributed by atoms with E-state index in [0.29, 0.717) is 0 Å². The van der Waals surface area contributed by atoms with Crippen molar-refractivity contribution in [1.82, 2.24) is 9.78 Å². The van der Waals surface area contributed by atoms with Crippen molar-refractivity contribution in [2.24, 2.45) is 0 Å². The quantitative estimate of drug-likeness (QED) is 0.704. The lowest BCUT2D eigenvalue weighted by molar-refractivity contribution is 0.169. The molecule has 138 valence electrons. The van der Waals surface area contributed by atoms with Gasteiger partial charge in [0.2, 0.25) is 0 Å². The van der Waals surface area contributed by atoms with Crippen LogP contribution in [0.4, 0.5) is 4.79 Å². The van der Waals surface area contributed by atoms with Crippen LogP contribution >= 0.6 is 0 Å². The Morgan fingerprint density at radius 1 is 0.963 bits per heavy atom. The molecular formula is C21H20N2O4. The van der Waals surface area contributed by atoms with E-state index in [1.807, 2.05) is 42.5 Å². The van der Waals surface area contributed by atoms with Crippen molar-refractivity contribution >= 4 is 6.09 Å². The molecule has 0 bridgehead atoms. The first-order valence-electron chi connectivity index (χ1n) is 8.68. The first kappa shape index (κ1) is 17.1. The maximum Gasteiger partial charge on any atom is 0.435 e. The Bertz CT molecular complexity index is 1010. The Kier molecular flexibility index (Phi) is 4.32. The molecule has 1 heterocycles. The minimum atomic E-state index is -0.509. The molecule has 27 heavy (non-hydrogen) atoms. The predicted octanol–water partition coefficient (Wildman–Crippen LogP) is 3.95. The van der Waals surface area contributed by atoms with Crippen LogP contribution in [0.1, 0.15) is 11.1 Å². The fourth-order valence-electron chi connectivity index (χ4n) is 3.56. The minimum Gasteiger partial charge on any atom is -0.497 e. The van der Waals surface area contributed by atoms with E-state index >= 15 is 0 Å².